The van der Waals surface area contributed by atoms with Gasteiger partial charge in [-0.15, -0.1) is 12.4 Å². The zero-order valence-electron chi connectivity index (χ0n) is 24.0. The van der Waals surface area contributed by atoms with Gasteiger partial charge in [0.15, 0.2) is 0 Å². The van der Waals surface area contributed by atoms with Crippen molar-refractivity contribution >= 4 is 39.8 Å². The summed E-state index contributed by atoms with van der Waals surface area (Å²) in [6, 6.07) is 23.0. The maximum atomic E-state index is 13.2. The zero-order chi connectivity index (χ0) is 28.5. The number of anilines is 2. The normalized spacial score (nSPS) is 14.1. The number of ether oxygens (including phenoxy) is 1. The summed E-state index contributed by atoms with van der Waals surface area (Å²) in [5.74, 6) is 1.35. The van der Waals surface area contributed by atoms with Crippen LogP contribution in [0.4, 0.5) is 16.2 Å². The predicted molar refractivity (Wildman–Crippen MR) is 169 cm³/mol. The van der Waals surface area contributed by atoms with E-state index >= 15 is 0 Å². The molecule has 0 spiro atoms. The molecule has 4 rings (SSSR count). The minimum Gasteiger partial charge on any atom is -0.457 e. The Labute approximate surface area is 250 Å². The first-order valence-corrected chi connectivity index (χ1v) is 15.8. The van der Waals surface area contributed by atoms with Crippen LogP contribution in [0, 0.1) is 6.92 Å². The van der Waals surface area contributed by atoms with E-state index in [1.807, 2.05) is 48.2 Å². The summed E-state index contributed by atoms with van der Waals surface area (Å²) >= 11 is 0. The number of unbranched alkanes of at least 4 members (excludes halogenated alkanes) is 1. The van der Waals surface area contributed by atoms with Gasteiger partial charge in [0.25, 0.3) is 0 Å². The van der Waals surface area contributed by atoms with Crippen molar-refractivity contribution in [3.8, 4) is 11.5 Å². The molecule has 2 N–H and O–H groups in total. The Morgan fingerprint density at radius 2 is 1.61 bits per heavy atom. The molecule has 0 aliphatic carbocycles. The number of urea groups is 1. The van der Waals surface area contributed by atoms with E-state index in [9.17, 15) is 13.2 Å². The van der Waals surface area contributed by atoms with Crippen molar-refractivity contribution in [3.63, 3.8) is 0 Å². The molecule has 0 unspecified atom stereocenters. The summed E-state index contributed by atoms with van der Waals surface area (Å²) in [5, 5.41) is 3.11. The first-order valence-electron chi connectivity index (χ1n) is 13.9. The van der Waals surface area contributed by atoms with E-state index in [-0.39, 0.29) is 24.5 Å². The molecular formula is C31H41ClN4O4S. The average molecular weight is 601 g/mol. The third kappa shape index (κ3) is 10.3. The monoisotopic (exact) mass is 600 g/mol. The Hall–Kier alpha value is -3.27. The second kappa shape index (κ2) is 15.1. The van der Waals surface area contributed by atoms with E-state index in [0.29, 0.717) is 11.4 Å². The number of rotatable bonds is 11. The summed E-state index contributed by atoms with van der Waals surface area (Å²) in [4.78, 5) is 17.7. The quantitative estimate of drug-likeness (QED) is 0.250. The molecule has 2 amide bonds. The van der Waals surface area contributed by atoms with E-state index in [2.05, 4.69) is 34.0 Å². The van der Waals surface area contributed by atoms with Gasteiger partial charge in [0.1, 0.15) is 11.5 Å². The summed E-state index contributed by atoms with van der Waals surface area (Å²) in [6.07, 6.45) is 5.08. The topological polar surface area (TPSA) is 91.0 Å². The molecule has 3 aromatic rings. The second-order valence-corrected chi connectivity index (χ2v) is 12.2. The number of carbonyl (C=O) groups is 1. The van der Waals surface area contributed by atoms with Crippen molar-refractivity contribution in [2.24, 2.45) is 0 Å². The fraction of sp³-hybridized carbons (Fsp3) is 0.387. The number of nitrogens with one attached hydrogen (secondary N) is 2. The van der Waals surface area contributed by atoms with Gasteiger partial charge in [-0.2, -0.15) is 0 Å². The molecule has 1 heterocycles. The van der Waals surface area contributed by atoms with Gasteiger partial charge in [0, 0.05) is 43.6 Å². The number of hydrogen-bond acceptors (Lipinski definition) is 5. The largest absolute Gasteiger partial charge is 0.457 e. The zero-order valence-corrected chi connectivity index (χ0v) is 25.6. The smallest absolute Gasteiger partial charge is 0.322 e. The van der Waals surface area contributed by atoms with Crippen LogP contribution >= 0.6 is 12.4 Å². The van der Waals surface area contributed by atoms with E-state index in [1.54, 1.807) is 24.3 Å². The van der Waals surface area contributed by atoms with Crippen molar-refractivity contribution in [3.05, 3.63) is 83.9 Å². The first-order chi connectivity index (χ1) is 19.2. The van der Waals surface area contributed by atoms with E-state index in [4.69, 9.17) is 4.74 Å². The molecule has 0 atom stereocenters. The fourth-order valence-electron chi connectivity index (χ4n) is 4.95. The Balaban J connectivity index is 0.00000462. The first kappa shape index (κ1) is 32.2. The fourth-order valence-corrected chi connectivity index (χ4v) is 5.51. The highest BCUT2D eigenvalue weighted by atomic mass is 35.5. The Kier molecular flexibility index (Phi) is 11.9. The van der Waals surface area contributed by atoms with E-state index < -0.39 is 10.0 Å². The number of hydrogen-bond donors (Lipinski definition) is 2. The number of aryl methyl sites for hydroxylation is 1. The molecule has 0 aromatic heterocycles. The third-order valence-electron chi connectivity index (χ3n) is 7.00. The highest BCUT2D eigenvalue weighted by Crippen LogP contribution is 2.25. The molecule has 8 nitrogen and oxygen atoms in total. The number of piperidine rings is 1. The molecule has 0 radical (unpaired) electrons. The van der Waals surface area contributed by atoms with Crippen LogP contribution in [-0.4, -0.2) is 56.2 Å². The van der Waals surface area contributed by atoms with Crippen LogP contribution in [0.3, 0.4) is 0 Å². The van der Waals surface area contributed by atoms with Crippen LogP contribution in [0.2, 0.25) is 0 Å². The van der Waals surface area contributed by atoms with Crippen LogP contribution in [0.25, 0.3) is 0 Å². The van der Waals surface area contributed by atoms with Gasteiger partial charge in [0.05, 0.1) is 6.26 Å². The molecule has 1 aliphatic rings. The van der Waals surface area contributed by atoms with E-state index in [0.717, 1.165) is 75.1 Å². The van der Waals surface area contributed by atoms with E-state index in [1.165, 1.54) is 5.56 Å². The number of carbonyl (C=O) groups excluding carboxylic acids is 1. The number of nitrogens with zero attached hydrogens (tertiary/aromatic N) is 2. The predicted octanol–water partition coefficient (Wildman–Crippen LogP) is 6.88. The molecule has 1 saturated heterocycles. The van der Waals surface area contributed by atoms with Crippen LogP contribution in [0.1, 0.15) is 43.7 Å². The number of benzene rings is 3. The summed E-state index contributed by atoms with van der Waals surface area (Å²) in [6.45, 7) is 7.70. The molecule has 1 aliphatic heterocycles. The molecule has 10 heteroatoms. The van der Waals surface area contributed by atoms with Crippen molar-refractivity contribution in [1.29, 1.82) is 0 Å². The maximum absolute atomic E-state index is 13.2. The minimum absolute atomic E-state index is 0. The van der Waals surface area contributed by atoms with Gasteiger partial charge < -0.3 is 15.0 Å². The number of sulfonamides is 1. The van der Waals surface area contributed by atoms with Crippen LogP contribution < -0.4 is 14.8 Å². The van der Waals surface area contributed by atoms with Gasteiger partial charge in [-0.05, 0) is 85.8 Å². The van der Waals surface area contributed by atoms with Crippen LogP contribution in [0.5, 0.6) is 11.5 Å². The maximum Gasteiger partial charge on any atom is 0.322 e. The van der Waals surface area contributed by atoms with Crippen molar-refractivity contribution in [2.45, 2.75) is 52.1 Å². The molecule has 222 valence electrons. The molecular weight excluding hydrogens is 560 g/mol. The van der Waals surface area contributed by atoms with Crippen LogP contribution in [0.15, 0.2) is 72.8 Å². The molecule has 41 heavy (non-hydrogen) atoms. The van der Waals surface area contributed by atoms with Crippen molar-refractivity contribution in [2.75, 3.05) is 35.9 Å². The van der Waals surface area contributed by atoms with Crippen LogP contribution in [-0.2, 0) is 16.6 Å². The Bertz CT molecular complexity index is 1360. The van der Waals surface area contributed by atoms with Gasteiger partial charge in [-0.3, -0.25) is 9.62 Å². The molecule has 0 bridgehead atoms. The Morgan fingerprint density at radius 1 is 0.976 bits per heavy atom. The number of likely N-dealkylation sites (tertiary alicyclic amines) is 1. The minimum atomic E-state index is -3.31. The Morgan fingerprint density at radius 3 is 2.20 bits per heavy atom. The second-order valence-electron chi connectivity index (χ2n) is 10.5. The summed E-state index contributed by atoms with van der Waals surface area (Å²) < 4.78 is 31.1. The SMILES string of the molecule is CCCCN(C(=O)Nc1cccc(C)c1)C1CCN(Cc2ccc(Oc3ccc(NS(C)(=O)=O)cc3)cc2)CC1.Cl. The lowest BCUT2D eigenvalue weighted by atomic mass is 10.0. The van der Waals surface area contributed by atoms with Crippen molar-refractivity contribution < 1.29 is 17.9 Å². The van der Waals surface area contributed by atoms with Gasteiger partial charge >= 0.3 is 6.03 Å². The van der Waals surface area contributed by atoms with Gasteiger partial charge in [0.2, 0.25) is 10.0 Å². The summed E-state index contributed by atoms with van der Waals surface area (Å²) in [5.41, 5.74) is 3.68. The lowest BCUT2D eigenvalue weighted by Crippen LogP contribution is -2.49. The van der Waals surface area contributed by atoms with Gasteiger partial charge in [-0.25, -0.2) is 13.2 Å². The van der Waals surface area contributed by atoms with Crippen molar-refractivity contribution in [1.82, 2.24) is 9.80 Å². The summed E-state index contributed by atoms with van der Waals surface area (Å²) in [7, 11) is -3.31. The highest BCUT2D eigenvalue weighted by Gasteiger charge is 2.27. The lowest BCUT2D eigenvalue weighted by Gasteiger charge is -2.38. The molecule has 3 aromatic carbocycles. The lowest BCUT2D eigenvalue weighted by molar-refractivity contribution is 0.122. The highest BCUT2D eigenvalue weighted by molar-refractivity contribution is 7.92. The number of halogens is 1. The average Bonchev–Trinajstić information content (AvgIpc) is 2.91. The standard InChI is InChI=1S/C31H40N4O4S.ClH/c1-4-5-19-35(31(36)32-27-8-6-7-24(2)22-27)28-17-20-34(21-18-28)23-25-9-13-29(14-10-25)39-30-15-11-26(12-16-30)33-40(3,37)38;/h6-16,22,28,33H,4-5,17-21,23H2,1-3H3,(H,32,36);1H. The molecule has 1 fully saturated rings. The number of amides is 2. The third-order valence-corrected chi connectivity index (χ3v) is 7.61. The molecule has 0 saturated carbocycles. The van der Waals surface area contributed by atoms with Gasteiger partial charge in [-0.1, -0.05) is 37.6 Å².